The molecule has 5 atom stereocenters. The largest absolute Gasteiger partial charge is 0.341 e. The molecular formula is C9H18O9P2. The van der Waals surface area contributed by atoms with Gasteiger partial charge < -0.3 is 42.8 Å². The second-order valence-corrected chi connectivity index (χ2v) is 6.39. The number of hydrogen-bond acceptors (Lipinski definition) is 9. The van der Waals surface area contributed by atoms with E-state index >= 15 is 0 Å². The summed E-state index contributed by atoms with van der Waals surface area (Å²) < 4.78 is 26.6. The highest BCUT2D eigenvalue weighted by Crippen LogP contribution is 2.45. The molecule has 2 rings (SSSR count). The Labute approximate surface area is 118 Å². The maximum Gasteiger partial charge on any atom is 0.327 e. The van der Waals surface area contributed by atoms with Crippen LogP contribution in [-0.4, -0.2) is 56.1 Å². The molecule has 118 valence electrons. The zero-order chi connectivity index (χ0) is 15.1. The molecule has 0 spiro atoms. The van der Waals surface area contributed by atoms with E-state index < -0.39 is 53.7 Å². The van der Waals surface area contributed by atoms with Crippen molar-refractivity contribution in [2.24, 2.45) is 0 Å². The molecule has 0 radical (unpaired) electrons. The zero-order valence-corrected chi connectivity index (χ0v) is 12.9. The van der Waals surface area contributed by atoms with Crippen molar-refractivity contribution >= 4 is 17.2 Å². The van der Waals surface area contributed by atoms with E-state index in [1.165, 1.54) is 0 Å². The van der Waals surface area contributed by atoms with Gasteiger partial charge in [0.05, 0.1) is 6.10 Å². The highest BCUT2D eigenvalue weighted by Gasteiger charge is 2.57. The van der Waals surface area contributed by atoms with E-state index in [1.807, 2.05) is 0 Å². The van der Waals surface area contributed by atoms with Gasteiger partial charge in [-0.25, -0.2) is 0 Å². The summed E-state index contributed by atoms with van der Waals surface area (Å²) in [6, 6.07) is 0. The van der Waals surface area contributed by atoms with Gasteiger partial charge in [-0.05, 0) is 20.8 Å². The molecule has 0 aromatic carbocycles. The van der Waals surface area contributed by atoms with Crippen LogP contribution in [0.3, 0.4) is 0 Å². The van der Waals surface area contributed by atoms with Crippen molar-refractivity contribution in [2.45, 2.75) is 57.3 Å². The molecule has 4 N–H and O–H groups in total. The first-order valence-electron chi connectivity index (χ1n) is 5.90. The molecule has 11 heteroatoms. The lowest BCUT2D eigenvalue weighted by atomic mass is 10.1. The summed E-state index contributed by atoms with van der Waals surface area (Å²) in [5.74, 6) is -0.875. The van der Waals surface area contributed by atoms with Gasteiger partial charge in [0.15, 0.2) is 12.1 Å². The normalized spacial score (nSPS) is 37.6. The van der Waals surface area contributed by atoms with Crippen LogP contribution in [0.4, 0.5) is 0 Å². The van der Waals surface area contributed by atoms with Gasteiger partial charge in [0.2, 0.25) is 0 Å². The van der Waals surface area contributed by atoms with E-state index in [2.05, 4.69) is 0 Å². The van der Waals surface area contributed by atoms with Crippen molar-refractivity contribution in [3.63, 3.8) is 0 Å². The fourth-order valence-corrected chi connectivity index (χ4v) is 3.19. The van der Waals surface area contributed by atoms with Gasteiger partial charge in [-0.1, -0.05) is 0 Å². The van der Waals surface area contributed by atoms with Crippen molar-refractivity contribution in [3.8, 4) is 0 Å². The minimum atomic E-state index is -2.63. The Morgan fingerprint density at radius 1 is 1.10 bits per heavy atom. The second-order valence-electron chi connectivity index (χ2n) is 4.96. The maximum atomic E-state index is 9.05. The average molecular weight is 332 g/mol. The van der Waals surface area contributed by atoms with E-state index in [4.69, 9.17) is 42.8 Å². The van der Waals surface area contributed by atoms with Gasteiger partial charge in [-0.3, -0.25) is 0 Å². The van der Waals surface area contributed by atoms with Crippen molar-refractivity contribution in [2.75, 3.05) is 0 Å². The van der Waals surface area contributed by atoms with Crippen molar-refractivity contribution in [1.82, 2.24) is 0 Å². The molecule has 2 saturated heterocycles. The van der Waals surface area contributed by atoms with Gasteiger partial charge in [-0.15, -0.1) is 0 Å². The summed E-state index contributed by atoms with van der Waals surface area (Å²) in [4.78, 5) is 35.9. The third kappa shape index (κ3) is 3.82. The molecule has 0 saturated carbocycles. The van der Waals surface area contributed by atoms with E-state index in [0.717, 1.165) is 0 Å². The molecule has 0 aliphatic carbocycles. The van der Waals surface area contributed by atoms with Crippen LogP contribution in [0.5, 0.6) is 0 Å². The van der Waals surface area contributed by atoms with Crippen LogP contribution < -0.4 is 0 Å². The monoisotopic (exact) mass is 332 g/mol. The molecule has 20 heavy (non-hydrogen) atoms. The molecular weight excluding hydrogens is 314 g/mol. The lowest BCUT2D eigenvalue weighted by Crippen LogP contribution is -2.41. The Morgan fingerprint density at radius 2 is 1.75 bits per heavy atom. The SMILES string of the molecule is CC(OP(O)O)[C@H]1O[C@@H]2OC(C)(C)OC2C1OP(O)O. The molecule has 9 nitrogen and oxygen atoms in total. The van der Waals surface area contributed by atoms with Crippen LogP contribution in [0.15, 0.2) is 0 Å². The van der Waals surface area contributed by atoms with Crippen LogP contribution in [0, 0.1) is 0 Å². The summed E-state index contributed by atoms with van der Waals surface area (Å²) in [5, 5.41) is 0. The summed E-state index contributed by atoms with van der Waals surface area (Å²) >= 11 is 0. The average Bonchev–Trinajstić information content (AvgIpc) is 2.71. The minimum Gasteiger partial charge on any atom is -0.341 e. The molecule has 0 aromatic rings. The summed E-state index contributed by atoms with van der Waals surface area (Å²) in [5.41, 5.74) is 0. The van der Waals surface area contributed by atoms with Crippen LogP contribution in [0.2, 0.25) is 0 Å². The Hall–Kier alpha value is 0.500. The highest BCUT2D eigenvalue weighted by atomic mass is 31.2. The summed E-state index contributed by atoms with van der Waals surface area (Å²) in [6.45, 7) is 4.94. The third-order valence-electron chi connectivity index (χ3n) is 2.97. The van der Waals surface area contributed by atoms with Crippen LogP contribution in [-0.2, 0) is 23.3 Å². The fraction of sp³-hybridized carbons (Fsp3) is 1.00. The van der Waals surface area contributed by atoms with E-state index in [-0.39, 0.29) is 0 Å². The van der Waals surface area contributed by atoms with Gasteiger partial charge >= 0.3 is 17.2 Å². The molecule has 0 bridgehead atoms. The van der Waals surface area contributed by atoms with Gasteiger partial charge in [-0.2, -0.15) is 0 Å². The Balaban J connectivity index is 2.09. The summed E-state index contributed by atoms with van der Waals surface area (Å²) in [7, 11) is -5.19. The van der Waals surface area contributed by atoms with Crippen molar-refractivity contribution in [1.29, 1.82) is 0 Å². The van der Waals surface area contributed by atoms with E-state index in [1.54, 1.807) is 20.8 Å². The standard InChI is InChI=1S/C9H18O9P2/c1-4(17-19(10)11)5-6(18-20(12)13)7-8(14-5)16-9(2,3)15-7/h4-8,10-13H,1-3H3/t4?,5-,6?,7?,8-/m1/s1. The van der Waals surface area contributed by atoms with Crippen molar-refractivity contribution < 1.29 is 42.8 Å². The van der Waals surface area contributed by atoms with Crippen LogP contribution in [0.25, 0.3) is 0 Å². The maximum absolute atomic E-state index is 9.05. The first-order valence-corrected chi connectivity index (χ1v) is 8.23. The number of fused-ring (bicyclic) bond motifs is 1. The number of ether oxygens (including phenoxy) is 3. The van der Waals surface area contributed by atoms with Gasteiger partial charge in [0, 0.05) is 0 Å². The molecule has 2 heterocycles. The topological polar surface area (TPSA) is 127 Å². The zero-order valence-electron chi connectivity index (χ0n) is 11.1. The number of rotatable bonds is 5. The lowest BCUT2D eigenvalue weighted by Gasteiger charge is -2.28. The third-order valence-corrected chi connectivity index (χ3v) is 3.92. The predicted molar refractivity (Wildman–Crippen MR) is 66.8 cm³/mol. The lowest BCUT2D eigenvalue weighted by molar-refractivity contribution is -0.221. The van der Waals surface area contributed by atoms with Gasteiger partial charge in [0.1, 0.15) is 18.3 Å². The Morgan fingerprint density at radius 3 is 2.30 bits per heavy atom. The Bertz CT molecular complexity index is 339. The second kappa shape index (κ2) is 6.32. The number of hydrogen-bond donors (Lipinski definition) is 4. The van der Waals surface area contributed by atoms with E-state index in [0.29, 0.717) is 0 Å². The molecule has 2 aliphatic rings. The molecule has 0 aromatic heterocycles. The Kier molecular flexibility index (Phi) is 5.33. The highest BCUT2D eigenvalue weighted by molar-refractivity contribution is 7.39. The summed E-state index contributed by atoms with van der Waals surface area (Å²) in [6.07, 6.45) is -3.79. The van der Waals surface area contributed by atoms with Crippen molar-refractivity contribution in [3.05, 3.63) is 0 Å². The predicted octanol–water partition coefficient (Wildman–Crippen LogP) is 0.0761. The quantitative estimate of drug-likeness (QED) is 0.517. The molecule has 3 unspecified atom stereocenters. The first kappa shape index (κ1) is 16.9. The molecule has 0 amide bonds. The van der Waals surface area contributed by atoms with Crippen LogP contribution >= 0.6 is 17.2 Å². The first-order chi connectivity index (χ1) is 9.19. The van der Waals surface area contributed by atoms with Crippen LogP contribution in [0.1, 0.15) is 20.8 Å². The molecule has 2 fully saturated rings. The fourth-order valence-electron chi connectivity index (χ4n) is 2.32. The molecule has 2 aliphatic heterocycles. The minimum absolute atomic E-state index is 0.658. The smallest absolute Gasteiger partial charge is 0.327 e. The van der Waals surface area contributed by atoms with E-state index in [9.17, 15) is 0 Å². The van der Waals surface area contributed by atoms with Gasteiger partial charge in [0.25, 0.3) is 0 Å².